The lowest BCUT2D eigenvalue weighted by Gasteiger charge is -2.30. The van der Waals surface area contributed by atoms with Crippen LogP contribution in [-0.4, -0.2) is 58.1 Å². The van der Waals surface area contributed by atoms with Crippen molar-refractivity contribution in [3.05, 3.63) is 36.0 Å². The van der Waals surface area contributed by atoms with Crippen LogP contribution in [0.1, 0.15) is 49.4 Å². The number of carbonyl (C=O) groups is 3. The molecule has 0 saturated carbocycles. The van der Waals surface area contributed by atoms with E-state index in [2.05, 4.69) is 6.92 Å². The van der Waals surface area contributed by atoms with Crippen LogP contribution in [0.25, 0.3) is 10.9 Å². The molecule has 1 aromatic carbocycles. The molecule has 3 heterocycles. The Labute approximate surface area is 171 Å². The van der Waals surface area contributed by atoms with Gasteiger partial charge in [-0.15, -0.1) is 0 Å². The Morgan fingerprint density at radius 2 is 1.69 bits per heavy atom. The van der Waals surface area contributed by atoms with Gasteiger partial charge in [-0.3, -0.25) is 14.4 Å². The number of benzene rings is 1. The molecule has 1 aromatic heterocycles. The first-order valence-electron chi connectivity index (χ1n) is 10.7. The molecule has 1 atom stereocenters. The maximum atomic E-state index is 13.1. The summed E-state index contributed by atoms with van der Waals surface area (Å²) in [6, 6.07) is 7.52. The lowest BCUT2D eigenvalue weighted by atomic mass is 9.99. The monoisotopic (exact) mass is 395 g/mol. The summed E-state index contributed by atoms with van der Waals surface area (Å²) in [4.78, 5) is 42.3. The third kappa shape index (κ3) is 4.07. The van der Waals surface area contributed by atoms with Crippen molar-refractivity contribution in [1.29, 1.82) is 0 Å². The predicted octanol–water partition coefficient (Wildman–Crippen LogP) is 3.10. The fourth-order valence-corrected chi connectivity index (χ4v) is 4.58. The van der Waals surface area contributed by atoms with Crippen molar-refractivity contribution in [3.63, 3.8) is 0 Å². The van der Waals surface area contributed by atoms with Gasteiger partial charge in [0.15, 0.2) is 0 Å². The fourth-order valence-electron chi connectivity index (χ4n) is 4.58. The summed E-state index contributed by atoms with van der Waals surface area (Å²) < 4.78 is 1.83. The van der Waals surface area contributed by atoms with E-state index >= 15 is 0 Å². The first kappa shape index (κ1) is 19.7. The minimum absolute atomic E-state index is 0.0700. The summed E-state index contributed by atoms with van der Waals surface area (Å²) in [5.41, 5.74) is 1.22. The Bertz CT molecular complexity index is 927. The van der Waals surface area contributed by atoms with Crippen LogP contribution in [0.4, 0.5) is 0 Å². The standard InChI is InChI=1S/C23H29N3O3/c1-17-8-7-13-25(14-17)23(29)22(28)19-15-26(20-10-4-3-9-18(19)20)16-21(27)24-11-5-2-6-12-24/h3-4,9-10,15,17H,2,5-8,11-14,16H2,1H3/t17-/m0/s1. The van der Waals surface area contributed by atoms with Gasteiger partial charge in [0.25, 0.3) is 11.7 Å². The zero-order valence-electron chi connectivity index (χ0n) is 17.1. The maximum absolute atomic E-state index is 13.1. The Balaban J connectivity index is 1.59. The van der Waals surface area contributed by atoms with Crippen molar-refractivity contribution < 1.29 is 14.4 Å². The Kier molecular flexibility index (Phi) is 5.69. The molecule has 2 aromatic rings. The highest BCUT2D eigenvalue weighted by atomic mass is 16.2. The van der Waals surface area contributed by atoms with E-state index in [1.807, 2.05) is 33.7 Å². The smallest absolute Gasteiger partial charge is 0.295 e. The topological polar surface area (TPSA) is 62.6 Å². The highest BCUT2D eigenvalue weighted by molar-refractivity contribution is 6.44. The molecule has 0 radical (unpaired) electrons. The van der Waals surface area contributed by atoms with Crippen LogP contribution in [0, 0.1) is 5.92 Å². The summed E-state index contributed by atoms with van der Waals surface area (Å²) in [6.07, 6.45) is 6.99. The van der Waals surface area contributed by atoms with Gasteiger partial charge in [-0.25, -0.2) is 0 Å². The van der Waals surface area contributed by atoms with E-state index in [9.17, 15) is 14.4 Å². The second-order valence-corrected chi connectivity index (χ2v) is 8.46. The molecular weight excluding hydrogens is 366 g/mol. The molecule has 0 N–H and O–H groups in total. The average molecular weight is 396 g/mol. The van der Waals surface area contributed by atoms with Gasteiger partial charge in [-0.2, -0.15) is 0 Å². The van der Waals surface area contributed by atoms with Gasteiger partial charge in [0.2, 0.25) is 5.91 Å². The molecular formula is C23H29N3O3. The number of para-hydroxylation sites is 1. The molecule has 0 spiro atoms. The Hall–Kier alpha value is -2.63. The summed E-state index contributed by atoms with van der Waals surface area (Å²) in [5, 5.41) is 0.738. The van der Waals surface area contributed by atoms with Crippen LogP contribution in [0.3, 0.4) is 0 Å². The predicted molar refractivity (Wildman–Crippen MR) is 112 cm³/mol. The van der Waals surface area contributed by atoms with Crippen LogP contribution in [0.5, 0.6) is 0 Å². The SMILES string of the molecule is C[C@H]1CCCN(C(=O)C(=O)c2cn(CC(=O)N3CCCCC3)c3ccccc23)C1. The maximum Gasteiger partial charge on any atom is 0.295 e. The van der Waals surface area contributed by atoms with Crippen LogP contribution >= 0.6 is 0 Å². The fraction of sp³-hybridized carbons (Fsp3) is 0.522. The summed E-state index contributed by atoms with van der Waals surface area (Å²) in [5.74, 6) is -0.411. The summed E-state index contributed by atoms with van der Waals surface area (Å²) in [6.45, 7) is 5.19. The Morgan fingerprint density at radius 3 is 2.45 bits per heavy atom. The molecule has 6 heteroatoms. The van der Waals surface area contributed by atoms with E-state index in [1.165, 1.54) is 6.42 Å². The molecule has 2 amide bonds. The quantitative estimate of drug-likeness (QED) is 0.590. The van der Waals surface area contributed by atoms with Crippen molar-refractivity contribution in [2.24, 2.45) is 5.92 Å². The van der Waals surface area contributed by atoms with Gasteiger partial charge < -0.3 is 14.4 Å². The number of aromatic nitrogens is 1. The minimum Gasteiger partial charge on any atom is -0.341 e. The zero-order valence-corrected chi connectivity index (χ0v) is 17.1. The van der Waals surface area contributed by atoms with Gasteiger partial charge in [-0.05, 0) is 44.1 Å². The van der Waals surface area contributed by atoms with Crippen molar-refractivity contribution in [3.8, 4) is 0 Å². The molecule has 0 unspecified atom stereocenters. The van der Waals surface area contributed by atoms with Gasteiger partial charge in [0, 0.05) is 43.3 Å². The third-order valence-corrected chi connectivity index (χ3v) is 6.19. The number of ketones is 1. The first-order valence-corrected chi connectivity index (χ1v) is 10.7. The summed E-state index contributed by atoms with van der Waals surface area (Å²) in [7, 11) is 0. The zero-order chi connectivity index (χ0) is 20.4. The van der Waals surface area contributed by atoms with Gasteiger partial charge in [0.1, 0.15) is 6.54 Å². The number of piperidine rings is 2. The number of Topliss-reactive ketones (excluding diaryl/α,β-unsaturated/α-hetero) is 1. The van der Waals surface area contributed by atoms with Crippen molar-refractivity contribution >= 4 is 28.5 Å². The average Bonchev–Trinajstić information content (AvgIpc) is 3.12. The van der Waals surface area contributed by atoms with E-state index in [1.54, 1.807) is 11.1 Å². The Morgan fingerprint density at radius 1 is 0.966 bits per heavy atom. The van der Waals surface area contributed by atoms with E-state index in [-0.39, 0.29) is 12.5 Å². The highest BCUT2D eigenvalue weighted by Gasteiger charge is 2.29. The van der Waals surface area contributed by atoms with Crippen LogP contribution < -0.4 is 0 Å². The molecule has 2 aliphatic heterocycles. The normalized spacial score (nSPS) is 20.1. The van der Waals surface area contributed by atoms with E-state index in [0.29, 0.717) is 24.6 Å². The number of hydrogen-bond acceptors (Lipinski definition) is 3. The molecule has 0 bridgehead atoms. The lowest BCUT2D eigenvalue weighted by Crippen LogP contribution is -2.42. The molecule has 4 rings (SSSR count). The molecule has 29 heavy (non-hydrogen) atoms. The van der Waals surface area contributed by atoms with E-state index in [0.717, 1.165) is 49.7 Å². The number of rotatable bonds is 4. The number of hydrogen-bond donors (Lipinski definition) is 0. The third-order valence-electron chi connectivity index (χ3n) is 6.19. The van der Waals surface area contributed by atoms with E-state index < -0.39 is 11.7 Å². The molecule has 0 aliphatic carbocycles. The van der Waals surface area contributed by atoms with Crippen LogP contribution in [0.2, 0.25) is 0 Å². The molecule has 2 fully saturated rings. The number of likely N-dealkylation sites (tertiary alicyclic amines) is 2. The number of carbonyl (C=O) groups excluding carboxylic acids is 3. The van der Waals surface area contributed by atoms with Gasteiger partial charge >= 0.3 is 0 Å². The number of fused-ring (bicyclic) bond motifs is 1. The number of amides is 2. The number of nitrogens with zero attached hydrogens (tertiary/aromatic N) is 3. The molecule has 2 saturated heterocycles. The van der Waals surface area contributed by atoms with Crippen LogP contribution in [-0.2, 0) is 16.1 Å². The highest BCUT2D eigenvalue weighted by Crippen LogP contribution is 2.24. The second-order valence-electron chi connectivity index (χ2n) is 8.46. The van der Waals surface area contributed by atoms with Gasteiger partial charge in [-0.1, -0.05) is 25.1 Å². The minimum atomic E-state index is -0.473. The molecule has 2 aliphatic rings. The lowest BCUT2D eigenvalue weighted by molar-refractivity contribution is -0.132. The van der Waals surface area contributed by atoms with E-state index in [4.69, 9.17) is 0 Å². The van der Waals surface area contributed by atoms with Crippen molar-refractivity contribution in [2.45, 2.75) is 45.6 Å². The second kappa shape index (κ2) is 8.39. The molecule has 154 valence electrons. The summed E-state index contributed by atoms with van der Waals surface area (Å²) >= 11 is 0. The van der Waals surface area contributed by atoms with Gasteiger partial charge in [0.05, 0.1) is 5.56 Å². The van der Waals surface area contributed by atoms with Crippen molar-refractivity contribution in [1.82, 2.24) is 14.4 Å². The molecule has 6 nitrogen and oxygen atoms in total. The van der Waals surface area contributed by atoms with Crippen molar-refractivity contribution in [2.75, 3.05) is 26.2 Å². The first-order chi connectivity index (χ1) is 14.0. The largest absolute Gasteiger partial charge is 0.341 e. The van der Waals surface area contributed by atoms with Crippen LogP contribution in [0.15, 0.2) is 30.5 Å².